The summed E-state index contributed by atoms with van der Waals surface area (Å²) in [5.74, 6) is -0.0227. The Morgan fingerprint density at radius 1 is 0.949 bits per heavy atom. The maximum atomic E-state index is 13.4. The van der Waals surface area contributed by atoms with Crippen LogP contribution in [0.4, 0.5) is 5.82 Å². The third-order valence-electron chi connectivity index (χ3n) is 6.60. The SMILES string of the molecule is CCCCCc1ccc(C(=O)N(CC(=O)Nc2cc(-c3ccccc3)nn2-c2ccccc2Cl)C(C)C)cc1. The fourth-order valence-electron chi connectivity index (χ4n) is 4.41. The van der Waals surface area contributed by atoms with Crippen molar-refractivity contribution in [3.63, 3.8) is 0 Å². The van der Waals surface area contributed by atoms with Crippen molar-refractivity contribution in [1.82, 2.24) is 14.7 Å². The van der Waals surface area contributed by atoms with Gasteiger partial charge in [-0.15, -0.1) is 0 Å². The summed E-state index contributed by atoms with van der Waals surface area (Å²) in [7, 11) is 0. The summed E-state index contributed by atoms with van der Waals surface area (Å²) in [5, 5.41) is 8.21. The molecule has 4 rings (SSSR count). The highest BCUT2D eigenvalue weighted by Gasteiger charge is 2.23. The Morgan fingerprint density at radius 2 is 1.64 bits per heavy atom. The summed E-state index contributed by atoms with van der Waals surface area (Å²) in [6.07, 6.45) is 4.51. The Bertz CT molecular complexity index is 1400. The van der Waals surface area contributed by atoms with Crippen LogP contribution in [0, 0.1) is 0 Å². The zero-order chi connectivity index (χ0) is 27.8. The van der Waals surface area contributed by atoms with Gasteiger partial charge in [0.15, 0.2) is 0 Å². The molecule has 1 N–H and O–H groups in total. The monoisotopic (exact) mass is 542 g/mol. The molecule has 39 heavy (non-hydrogen) atoms. The van der Waals surface area contributed by atoms with E-state index < -0.39 is 0 Å². The number of benzene rings is 3. The number of rotatable bonds is 11. The lowest BCUT2D eigenvalue weighted by Gasteiger charge is -2.26. The maximum Gasteiger partial charge on any atom is 0.254 e. The highest BCUT2D eigenvalue weighted by atomic mass is 35.5. The molecule has 0 aliphatic carbocycles. The molecule has 1 heterocycles. The fraction of sp³-hybridized carbons (Fsp3) is 0.281. The van der Waals surface area contributed by atoms with E-state index in [0.717, 1.165) is 18.4 Å². The summed E-state index contributed by atoms with van der Waals surface area (Å²) in [4.78, 5) is 28.3. The van der Waals surface area contributed by atoms with Gasteiger partial charge in [0, 0.05) is 23.2 Å². The summed E-state index contributed by atoms with van der Waals surface area (Å²) in [6.45, 7) is 5.91. The second-order valence-corrected chi connectivity index (χ2v) is 10.3. The third kappa shape index (κ3) is 7.15. The van der Waals surface area contributed by atoms with Crippen LogP contribution in [0.3, 0.4) is 0 Å². The van der Waals surface area contributed by atoms with Crippen LogP contribution in [0.15, 0.2) is 84.9 Å². The lowest BCUT2D eigenvalue weighted by atomic mass is 10.0. The van der Waals surface area contributed by atoms with Crippen molar-refractivity contribution < 1.29 is 9.59 Å². The summed E-state index contributed by atoms with van der Waals surface area (Å²) >= 11 is 6.48. The first-order valence-electron chi connectivity index (χ1n) is 13.5. The quantitative estimate of drug-likeness (QED) is 0.201. The average Bonchev–Trinajstić information content (AvgIpc) is 3.35. The van der Waals surface area contributed by atoms with Crippen LogP contribution in [0.25, 0.3) is 16.9 Å². The zero-order valence-electron chi connectivity index (χ0n) is 22.7. The average molecular weight is 543 g/mol. The number of aryl methyl sites for hydroxylation is 1. The molecule has 0 bridgehead atoms. The van der Waals surface area contributed by atoms with Crippen molar-refractivity contribution in [2.75, 3.05) is 11.9 Å². The first kappa shape index (κ1) is 28.1. The van der Waals surface area contributed by atoms with Gasteiger partial charge in [0.2, 0.25) is 5.91 Å². The van der Waals surface area contributed by atoms with Crippen molar-refractivity contribution in [3.8, 4) is 16.9 Å². The van der Waals surface area contributed by atoms with E-state index in [9.17, 15) is 9.59 Å². The lowest BCUT2D eigenvalue weighted by Crippen LogP contribution is -2.42. The van der Waals surface area contributed by atoms with Crippen molar-refractivity contribution in [2.24, 2.45) is 0 Å². The Kier molecular flexibility index (Phi) is 9.55. The van der Waals surface area contributed by atoms with E-state index in [2.05, 4.69) is 12.2 Å². The molecule has 0 unspecified atom stereocenters. The van der Waals surface area contributed by atoms with Crippen LogP contribution >= 0.6 is 11.6 Å². The number of amides is 2. The topological polar surface area (TPSA) is 67.2 Å². The first-order chi connectivity index (χ1) is 18.9. The number of para-hydroxylation sites is 1. The van der Waals surface area contributed by atoms with Crippen molar-refractivity contribution in [1.29, 1.82) is 0 Å². The zero-order valence-corrected chi connectivity index (χ0v) is 23.5. The second kappa shape index (κ2) is 13.3. The van der Waals surface area contributed by atoms with Gasteiger partial charge in [-0.1, -0.05) is 86.0 Å². The molecule has 6 nitrogen and oxygen atoms in total. The summed E-state index contributed by atoms with van der Waals surface area (Å²) in [6, 6.07) is 26.4. The maximum absolute atomic E-state index is 13.4. The van der Waals surface area contributed by atoms with Gasteiger partial charge >= 0.3 is 0 Å². The van der Waals surface area contributed by atoms with Crippen LogP contribution < -0.4 is 5.32 Å². The summed E-state index contributed by atoms with van der Waals surface area (Å²) in [5.41, 5.74) is 4.05. The van der Waals surface area contributed by atoms with E-state index in [4.69, 9.17) is 16.7 Å². The first-order valence-corrected chi connectivity index (χ1v) is 13.8. The van der Waals surface area contributed by atoms with Crippen LogP contribution in [-0.4, -0.2) is 39.1 Å². The highest BCUT2D eigenvalue weighted by molar-refractivity contribution is 6.32. The van der Waals surface area contributed by atoms with Gasteiger partial charge in [-0.3, -0.25) is 9.59 Å². The smallest absolute Gasteiger partial charge is 0.254 e. The van der Waals surface area contributed by atoms with E-state index in [1.807, 2.05) is 92.7 Å². The predicted molar refractivity (Wildman–Crippen MR) is 158 cm³/mol. The fourth-order valence-corrected chi connectivity index (χ4v) is 4.63. The summed E-state index contributed by atoms with van der Waals surface area (Å²) < 4.78 is 1.63. The van der Waals surface area contributed by atoms with Crippen LogP contribution in [0.5, 0.6) is 0 Å². The van der Waals surface area contributed by atoms with Crippen molar-refractivity contribution in [2.45, 2.75) is 52.5 Å². The molecule has 0 saturated heterocycles. The normalized spacial score (nSPS) is 11.0. The molecule has 0 radical (unpaired) electrons. The molecule has 1 aromatic heterocycles. The van der Waals surface area contributed by atoms with E-state index in [0.29, 0.717) is 27.8 Å². The standard InChI is InChI=1S/C32H35ClN4O2/c1-4-5-7-12-24-17-19-26(20-18-24)32(39)36(23(2)3)22-31(38)34-30-21-28(25-13-8-6-9-14-25)35-37(30)29-16-11-10-15-27(29)33/h6,8-11,13-21,23H,4-5,7,12,22H2,1-3H3,(H,34,38). The van der Waals surface area contributed by atoms with Crippen LogP contribution in [-0.2, 0) is 11.2 Å². The Hall–Kier alpha value is -3.90. The van der Waals surface area contributed by atoms with E-state index in [-0.39, 0.29) is 24.4 Å². The van der Waals surface area contributed by atoms with Gasteiger partial charge in [0.1, 0.15) is 12.4 Å². The molecule has 0 fully saturated rings. The third-order valence-corrected chi connectivity index (χ3v) is 6.91. The molecule has 202 valence electrons. The van der Waals surface area contributed by atoms with E-state index in [1.54, 1.807) is 15.6 Å². The minimum absolute atomic E-state index is 0.0941. The predicted octanol–water partition coefficient (Wildman–Crippen LogP) is 7.41. The van der Waals surface area contributed by atoms with E-state index in [1.165, 1.54) is 18.4 Å². The molecule has 2 amide bonds. The number of carbonyl (C=O) groups excluding carboxylic acids is 2. The molecule has 0 atom stereocenters. The number of unbranched alkanes of at least 4 members (excludes halogenated alkanes) is 2. The van der Waals surface area contributed by atoms with Gasteiger partial charge in [-0.2, -0.15) is 5.10 Å². The number of anilines is 1. The van der Waals surface area contributed by atoms with Gasteiger partial charge in [0.05, 0.1) is 16.4 Å². The molecule has 0 saturated carbocycles. The van der Waals surface area contributed by atoms with E-state index >= 15 is 0 Å². The number of hydrogen-bond acceptors (Lipinski definition) is 3. The van der Waals surface area contributed by atoms with Gasteiger partial charge in [-0.05, 0) is 56.5 Å². The number of hydrogen-bond donors (Lipinski definition) is 1. The van der Waals surface area contributed by atoms with Crippen molar-refractivity contribution >= 4 is 29.2 Å². The number of nitrogens with zero attached hydrogens (tertiary/aromatic N) is 3. The number of nitrogens with one attached hydrogen (secondary N) is 1. The molecule has 7 heteroatoms. The molecule has 3 aromatic carbocycles. The Morgan fingerprint density at radius 3 is 2.31 bits per heavy atom. The number of halogens is 1. The van der Waals surface area contributed by atoms with Crippen LogP contribution in [0.2, 0.25) is 5.02 Å². The lowest BCUT2D eigenvalue weighted by molar-refractivity contribution is -0.117. The Balaban J connectivity index is 1.54. The second-order valence-electron chi connectivity index (χ2n) is 9.87. The molecule has 4 aromatic rings. The molecule has 0 aliphatic heterocycles. The number of carbonyl (C=O) groups is 2. The largest absolute Gasteiger partial charge is 0.327 e. The molecule has 0 aliphatic rings. The molecular weight excluding hydrogens is 508 g/mol. The van der Waals surface area contributed by atoms with Crippen LogP contribution in [0.1, 0.15) is 56.0 Å². The minimum atomic E-state index is -0.318. The van der Waals surface area contributed by atoms with Gasteiger partial charge in [0.25, 0.3) is 5.91 Å². The van der Waals surface area contributed by atoms with Gasteiger partial charge < -0.3 is 10.2 Å². The molecule has 0 spiro atoms. The van der Waals surface area contributed by atoms with Crippen molar-refractivity contribution in [3.05, 3.63) is 101 Å². The number of aromatic nitrogens is 2. The highest BCUT2D eigenvalue weighted by Crippen LogP contribution is 2.28. The molecular formula is C32H35ClN4O2. The minimum Gasteiger partial charge on any atom is -0.327 e. The van der Waals surface area contributed by atoms with Gasteiger partial charge in [-0.25, -0.2) is 4.68 Å². The Labute approximate surface area is 235 Å².